The van der Waals surface area contributed by atoms with Gasteiger partial charge in [0.15, 0.2) is 0 Å². The summed E-state index contributed by atoms with van der Waals surface area (Å²) in [6.07, 6.45) is 2.70. The Morgan fingerprint density at radius 3 is 2.90 bits per heavy atom. The van der Waals surface area contributed by atoms with Crippen LogP contribution in [0.3, 0.4) is 0 Å². The molecule has 1 aromatic heterocycles. The number of carboxylic acids is 1. The van der Waals surface area contributed by atoms with Crippen LogP contribution in [0.2, 0.25) is 5.02 Å². The quantitative estimate of drug-likeness (QED) is 0.905. The maximum atomic E-state index is 12.0. The number of amides is 1. The third-order valence-electron chi connectivity index (χ3n) is 2.64. The second-order valence-electron chi connectivity index (χ2n) is 4.23. The molecule has 2 aromatic rings. The molecule has 0 saturated carbocycles. The number of halogens is 1. The van der Waals surface area contributed by atoms with Crippen LogP contribution in [0.1, 0.15) is 15.9 Å². The van der Waals surface area contributed by atoms with Crippen molar-refractivity contribution < 1.29 is 14.7 Å². The first-order valence-electron chi connectivity index (χ1n) is 5.77. The predicted octanol–water partition coefficient (Wildman–Crippen LogP) is 2.18. The minimum atomic E-state index is -1.02. The number of carbonyl (C=O) groups is 2. The van der Waals surface area contributed by atoms with Crippen LogP contribution < -0.4 is 5.32 Å². The summed E-state index contributed by atoms with van der Waals surface area (Å²) in [5.74, 6) is -1.39. The molecule has 0 atom stereocenters. The molecule has 1 amide bonds. The normalized spacial score (nSPS) is 10.3. The zero-order valence-corrected chi connectivity index (χ0v) is 11.4. The van der Waals surface area contributed by atoms with Crippen molar-refractivity contribution in [2.75, 3.05) is 5.32 Å². The number of benzene rings is 1. The number of aromatic nitrogens is 2. The summed E-state index contributed by atoms with van der Waals surface area (Å²) in [4.78, 5) is 22.6. The molecular weight excluding hydrogens is 282 g/mol. The number of carboxylic acid groups (broad SMARTS) is 1. The van der Waals surface area contributed by atoms with Gasteiger partial charge in [0.25, 0.3) is 5.91 Å². The zero-order chi connectivity index (χ0) is 14.7. The topological polar surface area (TPSA) is 84.2 Å². The Kier molecular flexibility index (Phi) is 4.05. The lowest BCUT2D eigenvalue weighted by Crippen LogP contribution is -2.12. The van der Waals surface area contributed by atoms with Gasteiger partial charge in [-0.15, -0.1) is 0 Å². The summed E-state index contributed by atoms with van der Waals surface area (Å²) in [7, 11) is 0. The molecule has 0 spiro atoms. The summed E-state index contributed by atoms with van der Waals surface area (Å²) >= 11 is 5.87. The minimum absolute atomic E-state index is 0.283. The first-order chi connectivity index (χ1) is 9.45. The van der Waals surface area contributed by atoms with Gasteiger partial charge in [-0.2, -0.15) is 5.10 Å². The second-order valence-corrected chi connectivity index (χ2v) is 4.67. The number of anilines is 1. The van der Waals surface area contributed by atoms with E-state index in [-0.39, 0.29) is 18.0 Å². The Balaban J connectivity index is 2.13. The molecule has 0 bridgehead atoms. The van der Waals surface area contributed by atoms with Crippen molar-refractivity contribution in [3.8, 4) is 0 Å². The fourth-order valence-electron chi connectivity index (χ4n) is 1.63. The Labute approximate surface area is 120 Å². The molecule has 6 nitrogen and oxygen atoms in total. The second kappa shape index (κ2) is 5.75. The monoisotopic (exact) mass is 293 g/mol. The molecule has 0 radical (unpaired) electrons. The van der Waals surface area contributed by atoms with Crippen molar-refractivity contribution in [1.29, 1.82) is 0 Å². The predicted molar refractivity (Wildman–Crippen MR) is 74.0 cm³/mol. The van der Waals surface area contributed by atoms with Gasteiger partial charge in [-0.25, -0.2) is 0 Å². The van der Waals surface area contributed by atoms with Crippen LogP contribution in [0.4, 0.5) is 5.69 Å². The number of carbonyl (C=O) groups excluding carboxylic acids is 1. The molecule has 0 aliphatic rings. The fourth-order valence-corrected chi connectivity index (χ4v) is 1.80. The zero-order valence-electron chi connectivity index (χ0n) is 10.6. The van der Waals surface area contributed by atoms with Gasteiger partial charge in [-0.3, -0.25) is 14.3 Å². The van der Waals surface area contributed by atoms with Gasteiger partial charge in [-0.05, 0) is 24.6 Å². The number of aliphatic carboxylic acids is 1. The van der Waals surface area contributed by atoms with Crippen LogP contribution in [-0.4, -0.2) is 26.8 Å². The molecule has 2 N–H and O–H groups in total. The number of nitrogens with one attached hydrogen (secondary N) is 1. The third kappa shape index (κ3) is 3.36. The molecule has 1 heterocycles. The average molecular weight is 294 g/mol. The summed E-state index contributed by atoms with van der Waals surface area (Å²) in [6.45, 7) is 1.56. The third-order valence-corrected chi connectivity index (χ3v) is 2.88. The largest absolute Gasteiger partial charge is 0.480 e. The molecule has 1 aromatic carbocycles. The highest BCUT2D eigenvalue weighted by atomic mass is 35.5. The minimum Gasteiger partial charge on any atom is -0.480 e. The van der Waals surface area contributed by atoms with Crippen LogP contribution in [0, 0.1) is 6.92 Å². The van der Waals surface area contributed by atoms with Gasteiger partial charge in [-0.1, -0.05) is 17.7 Å². The van der Waals surface area contributed by atoms with Crippen LogP contribution in [0.25, 0.3) is 0 Å². The molecule has 0 unspecified atom stereocenters. The van der Waals surface area contributed by atoms with Gasteiger partial charge in [0.05, 0.1) is 11.8 Å². The van der Waals surface area contributed by atoms with Gasteiger partial charge >= 0.3 is 5.97 Å². The number of hydrogen-bond acceptors (Lipinski definition) is 3. The van der Waals surface area contributed by atoms with Crippen molar-refractivity contribution in [1.82, 2.24) is 9.78 Å². The first kappa shape index (κ1) is 14.1. The molecular formula is C13H12ClN3O3. The highest BCUT2D eigenvalue weighted by Crippen LogP contribution is 2.20. The smallest absolute Gasteiger partial charge is 0.325 e. The van der Waals surface area contributed by atoms with E-state index in [1.54, 1.807) is 18.2 Å². The summed E-state index contributed by atoms with van der Waals surface area (Å²) < 4.78 is 1.18. The van der Waals surface area contributed by atoms with E-state index in [1.165, 1.54) is 17.1 Å². The van der Waals surface area contributed by atoms with E-state index in [0.29, 0.717) is 10.7 Å². The Morgan fingerprint density at radius 2 is 2.20 bits per heavy atom. The number of hydrogen-bond donors (Lipinski definition) is 2. The molecule has 0 fully saturated rings. The van der Waals surface area contributed by atoms with Gasteiger partial charge < -0.3 is 10.4 Å². The Morgan fingerprint density at radius 1 is 1.45 bits per heavy atom. The van der Waals surface area contributed by atoms with Crippen molar-refractivity contribution in [3.63, 3.8) is 0 Å². The van der Waals surface area contributed by atoms with Crippen LogP contribution in [-0.2, 0) is 11.3 Å². The van der Waals surface area contributed by atoms with Gasteiger partial charge in [0.1, 0.15) is 6.54 Å². The lowest BCUT2D eigenvalue weighted by molar-refractivity contribution is -0.137. The van der Waals surface area contributed by atoms with Crippen molar-refractivity contribution >= 4 is 29.2 Å². The number of aryl methyl sites for hydroxylation is 1. The Hall–Kier alpha value is -2.34. The molecule has 0 saturated heterocycles. The lowest BCUT2D eigenvalue weighted by atomic mass is 10.2. The molecule has 7 heteroatoms. The number of nitrogens with zero attached hydrogens (tertiary/aromatic N) is 2. The highest BCUT2D eigenvalue weighted by Gasteiger charge is 2.11. The van der Waals surface area contributed by atoms with Crippen LogP contribution in [0.15, 0.2) is 30.6 Å². The summed E-state index contributed by atoms with van der Waals surface area (Å²) in [5.41, 5.74) is 1.76. The highest BCUT2D eigenvalue weighted by molar-refractivity contribution is 6.31. The fraction of sp³-hybridized carbons (Fsp3) is 0.154. The molecule has 0 aliphatic heterocycles. The molecule has 2 rings (SSSR count). The summed E-state index contributed by atoms with van der Waals surface area (Å²) in [5, 5.41) is 15.7. The van der Waals surface area contributed by atoms with E-state index in [2.05, 4.69) is 10.4 Å². The van der Waals surface area contributed by atoms with Crippen molar-refractivity contribution in [2.24, 2.45) is 0 Å². The Bertz CT molecular complexity index is 667. The van der Waals surface area contributed by atoms with E-state index in [9.17, 15) is 9.59 Å². The average Bonchev–Trinajstić information content (AvgIpc) is 2.81. The van der Waals surface area contributed by atoms with Crippen molar-refractivity contribution in [2.45, 2.75) is 13.5 Å². The summed E-state index contributed by atoms with van der Waals surface area (Å²) in [6, 6.07) is 5.18. The molecule has 104 valence electrons. The lowest BCUT2D eigenvalue weighted by Gasteiger charge is -2.07. The van der Waals surface area contributed by atoms with E-state index in [0.717, 1.165) is 5.56 Å². The van der Waals surface area contributed by atoms with E-state index in [1.807, 2.05) is 6.92 Å². The maximum Gasteiger partial charge on any atom is 0.325 e. The van der Waals surface area contributed by atoms with Crippen LogP contribution >= 0.6 is 11.6 Å². The standard InChI is InChI=1S/C13H12ClN3O3/c1-8-2-3-10(14)4-11(8)16-13(20)9-5-15-17(6-9)7-12(18)19/h2-6H,7H2,1H3,(H,16,20)(H,18,19). The van der Waals surface area contributed by atoms with E-state index >= 15 is 0 Å². The van der Waals surface area contributed by atoms with Crippen LogP contribution in [0.5, 0.6) is 0 Å². The van der Waals surface area contributed by atoms with E-state index < -0.39 is 5.97 Å². The maximum absolute atomic E-state index is 12.0. The SMILES string of the molecule is Cc1ccc(Cl)cc1NC(=O)c1cnn(CC(=O)O)c1. The van der Waals surface area contributed by atoms with Crippen molar-refractivity contribution in [3.05, 3.63) is 46.7 Å². The number of rotatable bonds is 4. The first-order valence-corrected chi connectivity index (χ1v) is 6.15. The van der Waals surface area contributed by atoms with E-state index in [4.69, 9.17) is 16.7 Å². The van der Waals surface area contributed by atoms with Gasteiger partial charge in [0.2, 0.25) is 0 Å². The van der Waals surface area contributed by atoms with Gasteiger partial charge in [0, 0.05) is 16.9 Å². The molecule has 20 heavy (non-hydrogen) atoms. The molecule has 0 aliphatic carbocycles.